The maximum atomic E-state index is 5.33. The van der Waals surface area contributed by atoms with Crippen LogP contribution in [0, 0.1) is 0 Å². The maximum Gasteiger partial charge on any atom is 0.111 e. The minimum absolute atomic E-state index is 0.528. The molecule has 0 radical (unpaired) electrons. The van der Waals surface area contributed by atoms with Gasteiger partial charge in [-0.1, -0.05) is 6.58 Å². The molecule has 0 aliphatic heterocycles. The molecule has 1 N–H and O–H groups in total. The molecule has 114 valence electrons. The van der Waals surface area contributed by atoms with Crippen LogP contribution in [-0.4, -0.2) is 73.1 Å². The van der Waals surface area contributed by atoms with E-state index in [0.29, 0.717) is 59.5 Å². The molecule has 0 bridgehead atoms. The Kier molecular flexibility index (Phi) is 16.7. The van der Waals surface area contributed by atoms with Gasteiger partial charge in [-0.25, -0.2) is 0 Å². The van der Waals surface area contributed by atoms with Gasteiger partial charge in [0.25, 0.3) is 0 Å². The van der Waals surface area contributed by atoms with E-state index in [0.717, 1.165) is 6.54 Å². The fraction of sp³-hybridized carbons (Fsp3) is 0.846. The molecule has 0 unspecified atom stereocenters. The van der Waals surface area contributed by atoms with Crippen LogP contribution in [0.3, 0.4) is 0 Å². The van der Waals surface area contributed by atoms with Gasteiger partial charge in [-0.05, 0) is 7.05 Å². The predicted molar refractivity (Wildman–Crippen MR) is 73.4 cm³/mol. The van der Waals surface area contributed by atoms with Crippen molar-refractivity contribution in [1.29, 1.82) is 0 Å². The van der Waals surface area contributed by atoms with Gasteiger partial charge in [-0.15, -0.1) is 0 Å². The lowest BCUT2D eigenvalue weighted by molar-refractivity contribution is -0.00574. The summed E-state index contributed by atoms with van der Waals surface area (Å²) in [6, 6.07) is 0. The Balaban J connectivity index is 2.89. The van der Waals surface area contributed by atoms with E-state index >= 15 is 0 Å². The highest BCUT2D eigenvalue weighted by molar-refractivity contribution is 4.47. The van der Waals surface area contributed by atoms with Gasteiger partial charge in [0.1, 0.15) is 6.61 Å². The minimum atomic E-state index is 0.528. The van der Waals surface area contributed by atoms with Crippen molar-refractivity contribution in [3.8, 4) is 0 Å². The van der Waals surface area contributed by atoms with Gasteiger partial charge in [0.2, 0.25) is 0 Å². The second kappa shape index (κ2) is 17.3. The maximum absolute atomic E-state index is 5.33. The van der Waals surface area contributed by atoms with Crippen molar-refractivity contribution in [2.75, 3.05) is 73.1 Å². The molecule has 19 heavy (non-hydrogen) atoms. The summed E-state index contributed by atoms with van der Waals surface area (Å²) < 4.78 is 26.1. The molecule has 0 spiro atoms. The zero-order chi connectivity index (χ0) is 14.0. The standard InChI is InChI=1S/C13H27NO5/c1-3-15-6-7-17-10-11-19-13-12-18-9-8-16-5-4-14-2/h3,14H,1,4-13H2,2H3. The van der Waals surface area contributed by atoms with Gasteiger partial charge >= 0.3 is 0 Å². The van der Waals surface area contributed by atoms with Crippen LogP contribution in [0.15, 0.2) is 12.8 Å². The summed E-state index contributed by atoms with van der Waals surface area (Å²) in [6.07, 6.45) is 1.40. The van der Waals surface area contributed by atoms with Crippen LogP contribution in [0.25, 0.3) is 0 Å². The van der Waals surface area contributed by atoms with Crippen molar-refractivity contribution in [2.45, 2.75) is 0 Å². The molecular formula is C13H27NO5. The molecule has 0 aromatic rings. The number of ether oxygens (including phenoxy) is 5. The third-order valence-corrected chi connectivity index (χ3v) is 2.08. The smallest absolute Gasteiger partial charge is 0.111 e. The summed E-state index contributed by atoms with van der Waals surface area (Å²) >= 11 is 0. The SMILES string of the molecule is C=COCCOCCOCCOCCOCCNC. The molecule has 0 rings (SSSR count). The van der Waals surface area contributed by atoms with Gasteiger partial charge in [-0.2, -0.15) is 0 Å². The Morgan fingerprint density at radius 2 is 1.16 bits per heavy atom. The van der Waals surface area contributed by atoms with Crippen LogP contribution in [-0.2, 0) is 23.7 Å². The highest BCUT2D eigenvalue weighted by atomic mass is 16.6. The Hall–Kier alpha value is -0.660. The highest BCUT2D eigenvalue weighted by Crippen LogP contribution is 1.83. The largest absolute Gasteiger partial charge is 0.499 e. The van der Waals surface area contributed by atoms with Gasteiger partial charge in [0, 0.05) is 6.54 Å². The van der Waals surface area contributed by atoms with Crippen LogP contribution in [0.2, 0.25) is 0 Å². The summed E-state index contributed by atoms with van der Waals surface area (Å²) in [5.41, 5.74) is 0. The molecule has 0 saturated carbocycles. The van der Waals surface area contributed by atoms with Crippen LogP contribution >= 0.6 is 0 Å². The van der Waals surface area contributed by atoms with E-state index in [1.807, 2.05) is 7.05 Å². The molecule has 0 heterocycles. The first-order chi connectivity index (χ1) is 9.41. The summed E-state index contributed by atoms with van der Waals surface area (Å²) in [5.74, 6) is 0. The molecule has 0 aliphatic rings. The summed E-state index contributed by atoms with van der Waals surface area (Å²) in [4.78, 5) is 0. The average Bonchev–Trinajstić information content (AvgIpc) is 2.43. The monoisotopic (exact) mass is 277 g/mol. The van der Waals surface area contributed by atoms with Crippen molar-refractivity contribution >= 4 is 0 Å². The lowest BCUT2D eigenvalue weighted by Crippen LogP contribution is -2.17. The van der Waals surface area contributed by atoms with Crippen LogP contribution in [0.4, 0.5) is 0 Å². The van der Waals surface area contributed by atoms with Gasteiger partial charge in [-0.3, -0.25) is 0 Å². The van der Waals surface area contributed by atoms with Crippen LogP contribution < -0.4 is 5.32 Å². The molecule has 0 atom stereocenters. The number of likely N-dealkylation sites (N-methyl/N-ethyl adjacent to an activating group) is 1. The van der Waals surface area contributed by atoms with E-state index in [1.54, 1.807) is 0 Å². The first-order valence-electron chi connectivity index (χ1n) is 6.60. The Labute approximate surface area is 116 Å². The molecular weight excluding hydrogens is 250 g/mol. The third kappa shape index (κ3) is 17.3. The topological polar surface area (TPSA) is 58.2 Å². The second-order valence-corrected chi connectivity index (χ2v) is 3.59. The van der Waals surface area contributed by atoms with Crippen molar-refractivity contribution in [1.82, 2.24) is 5.32 Å². The van der Waals surface area contributed by atoms with Crippen LogP contribution in [0.1, 0.15) is 0 Å². The van der Waals surface area contributed by atoms with E-state index in [2.05, 4.69) is 11.9 Å². The molecule has 0 amide bonds. The van der Waals surface area contributed by atoms with Gasteiger partial charge < -0.3 is 29.0 Å². The van der Waals surface area contributed by atoms with Crippen molar-refractivity contribution in [3.63, 3.8) is 0 Å². The average molecular weight is 277 g/mol. The number of hydrogen-bond donors (Lipinski definition) is 1. The molecule has 0 fully saturated rings. The van der Waals surface area contributed by atoms with E-state index in [1.165, 1.54) is 6.26 Å². The number of nitrogens with one attached hydrogen (secondary N) is 1. The summed E-state index contributed by atoms with van der Waals surface area (Å²) in [5, 5.41) is 3.00. The highest BCUT2D eigenvalue weighted by Gasteiger charge is 1.92. The van der Waals surface area contributed by atoms with E-state index in [4.69, 9.17) is 23.7 Å². The van der Waals surface area contributed by atoms with Crippen molar-refractivity contribution in [2.24, 2.45) is 0 Å². The lowest BCUT2D eigenvalue weighted by Gasteiger charge is -2.07. The van der Waals surface area contributed by atoms with Crippen LogP contribution in [0.5, 0.6) is 0 Å². The molecule has 6 heteroatoms. The Morgan fingerprint density at radius 3 is 1.58 bits per heavy atom. The Morgan fingerprint density at radius 1 is 0.737 bits per heavy atom. The first kappa shape index (κ1) is 18.3. The quantitative estimate of drug-likeness (QED) is 0.326. The molecule has 0 aromatic carbocycles. The van der Waals surface area contributed by atoms with E-state index < -0.39 is 0 Å². The number of rotatable bonds is 16. The molecule has 0 aliphatic carbocycles. The Bertz CT molecular complexity index is 180. The lowest BCUT2D eigenvalue weighted by atomic mass is 10.6. The van der Waals surface area contributed by atoms with Crippen molar-refractivity contribution in [3.05, 3.63) is 12.8 Å². The van der Waals surface area contributed by atoms with Crippen molar-refractivity contribution < 1.29 is 23.7 Å². The second-order valence-electron chi connectivity index (χ2n) is 3.59. The normalized spacial score (nSPS) is 10.6. The van der Waals surface area contributed by atoms with E-state index in [-0.39, 0.29) is 0 Å². The summed E-state index contributed by atoms with van der Waals surface area (Å²) in [6.45, 7) is 9.59. The van der Waals surface area contributed by atoms with E-state index in [9.17, 15) is 0 Å². The van der Waals surface area contributed by atoms with Gasteiger partial charge in [0.15, 0.2) is 0 Å². The van der Waals surface area contributed by atoms with Gasteiger partial charge in [0.05, 0.1) is 59.1 Å². The number of hydrogen-bond acceptors (Lipinski definition) is 6. The third-order valence-electron chi connectivity index (χ3n) is 2.08. The zero-order valence-corrected chi connectivity index (χ0v) is 11.9. The fourth-order valence-corrected chi connectivity index (χ4v) is 1.13. The molecule has 0 aromatic heterocycles. The zero-order valence-electron chi connectivity index (χ0n) is 11.9. The fourth-order valence-electron chi connectivity index (χ4n) is 1.13. The molecule has 0 saturated heterocycles. The molecule has 6 nitrogen and oxygen atoms in total. The minimum Gasteiger partial charge on any atom is -0.499 e. The summed E-state index contributed by atoms with van der Waals surface area (Å²) in [7, 11) is 1.90. The predicted octanol–water partition coefficient (Wildman–Crippen LogP) is 0.432. The first-order valence-corrected chi connectivity index (χ1v) is 6.60.